The number of aromatic nitrogens is 2. The summed E-state index contributed by atoms with van der Waals surface area (Å²) in [7, 11) is -3.78. The van der Waals surface area contributed by atoms with Gasteiger partial charge in [-0.3, -0.25) is 19.4 Å². The van der Waals surface area contributed by atoms with Gasteiger partial charge in [0.05, 0.1) is 17.9 Å². The van der Waals surface area contributed by atoms with E-state index in [1.807, 2.05) is 41.1 Å². The van der Waals surface area contributed by atoms with Crippen LogP contribution < -0.4 is 10.3 Å². The highest BCUT2D eigenvalue weighted by Crippen LogP contribution is 2.60. The van der Waals surface area contributed by atoms with Crippen LogP contribution >= 0.6 is 0 Å². The van der Waals surface area contributed by atoms with Crippen LogP contribution in [0.15, 0.2) is 59.6 Å². The number of carbonyl (C=O) groups is 1. The summed E-state index contributed by atoms with van der Waals surface area (Å²) in [5.41, 5.74) is -1.42. The number of amides is 1. The van der Waals surface area contributed by atoms with Crippen LogP contribution in [0.1, 0.15) is 24.8 Å². The van der Waals surface area contributed by atoms with Crippen LogP contribution in [-0.2, 0) is 20.4 Å². The molecule has 2 aliphatic carbocycles. The Morgan fingerprint density at radius 3 is 2.41 bits per heavy atom. The molecule has 9 heteroatoms. The highest BCUT2D eigenvalue weighted by molar-refractivity contribution is 7.89. The number of H-pyrrole nitrogens is 1. The van der Waals surface area contributed by atoms with Gasteiger partial charge in [-0.15, -0.1) is 0 Å². The molecule has 1 heterocycles. The molecule has 29 heavy (non-hydrogen) atoms. The second kappa shape index (κ2) is 6.55. The van der Waals surface area contributed by atoms with E-state index in [4.69, 9.17) is 0 Å². The van der Waals surface area contributed by atoms with Crippen molar-refractivity contribution < 1.29 is 17.6 Å². The number of sulfonamides is 1. The van der Waals surface area contributed by atoms with Gasteiger partial charge in [0, 0.05) is 0 Å². The van der Waals surface area contributed by atoms with Gasteiger partial charge in [0.1, 0.15) is 5.54 Å². The molecule has 152 valence electrons. The molecule has 0 saturated heterocycles. The normalized spacial score (nSPS) is 22.8. The maximum atomic E-state index is 13.9. The summed E-state index contributed by atoms with van der Waals surface area (Å²) < 4.78 is 40.3. The largest absolute Gasteiger partial charge is 0.303 e. The van der Waals surface area contributed by atoms with Crippen molar-refractivity contribution >= 4 is 21.5 Å². The van der Waals surface area contributed by atoms with Crippen molar-refractivity contribution in [1.29, 1.82) is 0 Å². The van der Waals surface area contributed by atoms with E-state index in [1.54, 1.807) is 12.2 Å². The van der Waals surface area contributed by atoms with E-state index in [0.29, 0.717) is 12.8 Å². The zero-order chi connectivity index (χ0) is 20.9. The molecule has 1 unspecified atom stereocenters. The molecule has 1 atom stereocenters. The Morgan fingerprint density at radius 1 is 1.24 bits per heavy atom. The molecule has 2 aromatic rings. The third-order valence-corrected chi connectivity index (χ3v) is 6.25. The highest BCUT2D eigenvalue weighted by Gasteiger charge is 2.65. The lowest BCUT2D eigenvalue weighted by molar-refractivity contribution is -0.128. The van der Waals surface area contributed by atoms with E-state index in [1.165, 1.54) is 0 Å². The van der Waals surface area contributed by atoms with E-state index in [9.17, 15) is 22.4 Å². The van der Waals surface area contributed by atoms with Crippen LogP contribution in [0.5, 0.6) is 0 Å². The number of nitrogens with one attached hydrogen (secondary N) is 2. The minimum Gasteiger partial charge on any atom is -0.299 e. The molecule has 7 nitrogen and oxygen atoms in total. The molecule has 1 fully saturated rings. The summed E-state index contributed by atoms with van der Waals surface area (Å²) in [6.45, 7) is 0. The van der Waals surface area contributed by atoms with Gasteiger partial charge < -0.3 is 0 Å². The standard InChI is InChI=1S/C20H20FN3O4S/c1-29(27,28)23-18(26)19(11-12-19)20(24-17(25)16(21)13-22-24)9-7-15(8-10-20)14-5-3-2-4-6-14/h2-9,13,22H,10-12H2,1H3,(H,23,26). The molecule has 1 aromatic heterocycles. The topological polar surface area (TPSA) is 101 Å². The first-order valence-electron chi connectivity index (χ1n) is 9.12. The van der Waals surface area contributed by atoms with Crippen LogP contribution in [-0.4, -0.2) is 30.4 Å². The average Bonchev–Trinajstić information content (AvgIpc) is 3.44. The van der Waals surface area contributed by atoms with E-state index in [2.05, 4.69) is 5.10 Å². The molecule has 0 aliphatic heterocycles. The molecule has 2 aliphatic rings. The molecule has 4 rings (SSSR count). The maximum Gasteiger partial charge on any atom is 0.303 e. The fourth-order valence-corrected chi connectivity index (χ4v) is 4.63. The smallest absolute Gasteiger partial charge is 0.299 e. The van der Waals surface area contributed by atoms with E-state index >= 15 is 0 Å². The van der Waals surface area contributed by atoms with Gasteiger partial charge in [-0.25, -0.2) is 13.1 Å². The lowest BCUT2D eigenvalue weighted by Crippen LogP contribution is -2.54. The Hall–Kier alpha value is -2.94. The second-order valence-electron chi connectivity index (χ2n) is 7.53. The summed E-state index contributed by atoms with van der Waals surface area (Å²) in [4.78, 5) is 25.4. The predicted octanol–water partition coefficient (Wildman–Crippen LogP) is 1.91. The van der Waals surface area contributed by atoms with Crippen molar-refractivity contribution in [3.8, 4) is 0 Å². The van der Waals surface area contributed by atoms with Gasteiger partial charge in [0.25, 0.3) is 0 Å². The van der Waals surface area contributed by atoms with Crippen LogP contribution in [0.2, 0.25) is 0 Å². The predicted molar refractivity (Wildman–Crippen MR) is 106 cm³/mol. The van der Waals surface area contributed by atoms with Crippen LogP contribution in [0.3, 0.4) is 0 Å². The molecular formula is C20H20FN3O4S. The monoisotopic (exact) mass is 417 g/mol. The van der Waals surface area contributed by atoms with Crippen molar-refractivity contribution in [3.63, 3.8) is 0 Å². The number of hydrogen-bond donors (Lipinski definition) is 2. The van der Waals surface area contributed by atoms with Gasteiger partial charge in [-0.05, 0) is 30.4 Å². The van der Waals surface area contributed by atoms with E-state index in [0.717, 1.165) is 28.3 Å². The van der Waals surface area contributed by atoms with Gasteiger partial charge in [-0.1, -0.05) is 48.6 Å². The zero-order valence-electron chi connectivity index (χ0n) is 15.7. The first-order valence-corrected chi connectivity index (χ1v) is 11.0. The Balaban J connectivity index is 1.81. The van der Waals surface area contributed by atoms with E-state index in [-0.39, 0.29) is 6.42 Å². The van der Waals surface area contributed by atoms with Crippen molar-refractivity contribution in [2.24, 2.45) is 5.41 Å². The number of halogens is 1. The van der Waals surface area contributed by atoms with Crippen LogP contribution in [0.4, 0.5) is 4.39 Å². The highest BCUT2D eigenvalue weighted by atomic mass is 32.2. The maximum absolute atomic E-state index is 13.9. The lowest BCUT2D eigenvalue weighted by Gasteiger charge is -2.39. The van der Waals surface area contributed by atoms with E-state index < -0.39 is 38.3 Å². The molecule has 0 radical (unpaired) electrons. The van der Waals surface area contributed by atoms with Crippen LogP contribution in [0.25, 0.3) is 5.57 Å². The number of allylic oxidation sites excluding steroid dienone is 4. The Bertz CT molecular complexity index is 1190. The number of benzene rings is 1. The molecule has 1 aromatic carbocycles. The van der Waals surface area contributed by atoms with Gasteiger partial charge in [-0.2, -0.15) is 4.39 Å². The summed E-state index contributed by atoms with van der Waals surface area (Å²) >= 11 is 0. The zero-order valence-corrected chi connectivity index (χ0v) is 16.5. The van der Waals surface area contributed by atoms with Crippen molar-refractivity contribution in [1.82, 2.24) is 14.5 Å². The van der Waals surface area contributed by atoms with Gasteiger partial charge >= 0.3 is 5.56 Å². The lowest BCUT2D eigenvalue weighted by atomic mass is 9.74. The number of aromatic amines is 1. The summed E-state index contributed by atoms with van der Waals surface area (Å²) in [5, 5.41) is 2.62. The third kappa shape index (κ3) is 3.15. The average molecular weight is 417 g/mol. The number of carbonyl (C=O) groups excluding carboxylic acids is 1. The van der Waals surface area contributed by atoms with Crippen LogP contribution in [0, 0.1) is 11.2 Å². The molecule has 0 spiro atoms. The Labute approximate surface area is 167 Å². The number of rotatable bonds is 5. The first-order chi connectivity index (χ1) is 13.7. The third-order valence-electron chi connectivity index (χ3n) is 5.70. The fraction of sp³-hybridized carbons (Fsp3) is 0.300. The summed E-state index contributed by atoms with van der Waals surface area (Å²) in [5.74, 6) is -1.65. The fourth-order valence-electron chi connectivity index (χ4n) is 4.10. The summed E-state index contributed by atoms with van der Waals surface area (Å²) in [6, 6.07) is 9.58. The Kier molecular flexibility index (Phi) is 4.38. The molecule has 2 N–H and O–H groups in total. The first kappa shape index (κ1) is 19.4. The van der Waals surface area contributed by atoms with Gasteiger partial charge in [0.15, 0.2) is 0 Å². The van der Waals surface area contributed by atoms with Crippen molar-refractivity contribution in [2.45, 2.75) is 24.8 Å². The molecule has 1 saturated carbocycles. The summed E-state index contributed by atoms with van der Waals surface area (Å²) in [6.07, 6.45) is 8.20. The Morgan fingerprint density at radius 2 is 1.93 bits per heavy atom. The van der Waals surface area contributed by atoms with Crippen molar-refractivity contribution in [2.75, 3.05) is 6.26 Å². The second-order valence-corrected chi connectivity index (χ2v) is 9.28. The SMILES string of the molecule is CS(=O)(=O)NC(=O)C1(C2(n3[nH]cc(F)c3=O)C=CC(c3ccccc3)=CC2)CC1. The van der Waals surface area contributed by atoms with Gasteiger partial charge in [0.2, 0.25) is 21.7 Å². The molecular weight excluding hydrogens is 397 g/mol. The molecule has 0 bridgehead atoms. The molecule has 1 amide bonds. The van der Waals surface area contributed by atoms with Crippen molar-refractivity contribution in [3.05, 3.63) is 76.5 Å². The minimum absolute atomic E-state index is 0.227. The number of nitrogens with zero attached hydrogens (tertiary/aromatic N) is 1. The number of hydrogen-bond acceptors (Lipinski definition) is 4. The minimum atomic E-state index is -3.78. The quantitative estimate of drug-likeness (QED) is 0.776.